The smallest absolute Gasteiger partial charge is 0.231 e. The second-order valence-electron chi connectivity index (χ2n) is 8.03. The minimum absolute atomic E-state index is 0.0511. The van der Waals surface area contributed by atoms with E-state index in [-0.39, 0.29) is 18.2 Å². The normalized spacial score (nSPS) is 15.6. The third-order valence-electron chi connectivity index (χ3n) is 5.80. The van der Waals surface area contributed by atoms with Gasteiger partial charge in [0.1, 0.15) is 5.01 Å². The summed E-state index contributed by atoms with van der Waals surface area (Å²) >= 11 is 1.32. The van der Waals surface area contributed by atoms with Crippen molar-refractivity contribution in [2.75, 3.05) is 31.0 Å². The number of aryl methyl sites for hydroxylation is 2. The third-order valence-corrected chi connectivity index (χ3v) is 6.64. The summed E-state index contributed by atoms with van der Waals surface area (Å²) in [5.74, 6) is 0.602. The lowest BCUT2D eigenvalue weighted by molar-refractivity contribution is -0.122. The summed E-state index contributed by atoms with van der Waals surface area (Å²) in [4.78, 5) is 27.0. The molecule has 1 saturated heterocycles. The van der Waals surface area contributed by atoms with Crippen LogP contribution in [0.5, 0.6) is 11.5 Å². The summed E-state index contributed by atoms with van der Waals surface area (Å²) in [7, 11) is 3.19. The van der Waals surface area contributed by atoms with E-state index >= 15 is 0 Å². The zero-order valence-electron chi connectivity index (χ0n) is 19.0. The van der Waals surface area contributed by atoms with Crippen molar-refractivity contribution in [2.45, 2.75) is 26.7 Å². The molecule has 4 rings (SSSR count). The molecule has 1 fully saturated rings. The minimum atomic E-state index is -0.433. The van der Waals surface area contributed by atoms with Gasteiger partial charge in [-0.25, -0.2) is 0 Å². The molecule has 1 aliphatic heterocycles. The molecule has 1 aromatic heterocycles. The molecule has 3 aromatic rings. The first-order valence-corrected chi connectivity index (χ1v) is 11.4. The molecule has 0 spiro atoms. The van der Waals surface area contributed by atoms with Gasteiger partial charge in [-0.05, 0) is 54.8 Å². The first-order valence-electron chi connectivity index (χ1n) is 10.6. The molecule has 1 atom stereocenters. The number of amides is 2. The Morgan fingerprint density at radius 2 is 1.88 bits per heavy atom. The average Bonchev–Trinajstić information content (AvgIpc) is 3.41. The zero-order chi connectivity index (χ0) is 23.5. The van der Waals surface area contributed by atoms with Gasteiger partial charge in [0.2, 0.25) is 16.9 Å². The van der Waals surface area contributed by atoms with Crippen LogP contribution in [0.1, 0.15) is 28.1 Å². The molecular formula is C24H26N4O4S. The monoisotopic (exact) mass is 466 g/mol. The van der Waals surface area contributed by atoms with Gasteiger partial charge in [0.05, 0.1) is 20.1 Å². The number of hydrogen-bond acceptors (Lipinski definition) is 7. The summed E-state index contributed by atoms with van der Waals surface area (Å²) < 4.78 is 10.6. The number of rotatable bonds is 7. The topological polar surface area (TPSA) is 93.7 Å². The van der Waals surface area contributed by atoms with Gasteiger partial charge in [0, 0.05) is 25.1 Å². The van der Waals surface area contributed by atoms with E-state index in [1.165, 1.54) is 16.9 Å². The van der Waals surface area contributed by atoms with Gasteiger partial charge in [-0.1, -0.05) is 23.5 Å². The van der Waals surface area contributed by atoms with Crippen LogP contribution in [-0.4, -0.2) is 42.8 Å². The Balaban J connectivity index is 1.39. The van der Waals surface area contributed by atoms with Crippen LogP contribution < -0.4 is 19.7 Å². The molecule has 172 valence electrons. The molecule has 0 saturated carbocycles. The Kier molecular flexibility index (Phi) is 6.60. The van der Waals surface area contributed by atoms with Crippen LogP contribution in [0.4, 0.5) is 10.8 Å². The van der Waals surface area contributed by atoms with E-state index in [1.807, 2.05) is 50.2 Å². The molecule has 8 nitrogen and oxygen atoms in total. The Bertz CT molecular complexity index is 1190. The standard InChI is InChI=1S/C24H26N4O4S/c1-14-5-7-18(9-15(14)2)28-13-17(12-22(28)29)23(30)25-24-27-26-21(33-24)11-16-6-8-19(31-3)20(10-16)32-4/h5-10,17H,11-13H2,1-4H3,(H,25,27,30). The van der Waals surface area contributed by atoms with Gasteiger partial charge >= 0.3 is 0 Å². The highest BCUT2D eigenvalue weighted by molar-refractivity contribution is 7.15. The van der Waals surface area contributed by atoms with E-state index in [0.29, 0.717) is 29.6 Å². The maximum atomic E-state index is 12.8. The molecule has 2 aromatic carbocycles. The Morgan fingerprint density at radius 1 is 1.09 bits per heavy atom. The zero-order valence-corrected chi connectivity index (χ0v) is 19.9. The minimum Gasteiger partial charge on any atom is -0.493 e. The van der Waals surface area contributed by atoms with E-state index in [2.05, 4.69) is 15.5 Å². The van der Waals surface area contributed by atoms with Crippen molar-refractivity contribution in [3.8, 4) is 11.5 Å². The molecule has 0 radical (unpaired) electrons. The number of benzene rings is 2. The number of aromatic nitrogens is 2. The second-order valence-corrected chi connectivity index (χ2v) is 9.09. The van der Waals surface area contributed by atoms with Gasteiger partial charge in [0.15, 0.2) is 11.5 Å². The molecule has 1 unspecified atom stereocenters. The SMILES string of the molecule is COc1ccc(Cc2nnc(NC(=O)C3CC(=O)N(c4ccc(C)c(C)c4)C3)s2)cc1OC. The highest BCUT2D eigenvalue weighted by Gasteiger charge is 2.35. The fraction of sp³-hybridized carbons (Fsp3) is 0.333. The van der Waals surface area contributed by atoms with Gasteiger partial charge in [-0.2, -0.15) is 0 Å². The van der Waals surface area contributed by atoms with Crippen LogP contribution >= 0.6 is 11.3 Å². The summed E-state index contributed by atoms with van der Waals surface area (Å²) in [5.41, 5.74) is 4.10. The second kappa shape index (κ2) is 9.58. The lowest BCUT2D eigenvalue weighted by Crippen LogP contribution is -2.28. The van der Waals surface area contributed by atoms with Crippen molar-refractivity contribution in [1.82, 2.24) is 10.2 Å². The van der Waals surface area contributed by atoms with Crippen molar-refractivity contribution in [3.63, 3.8) is 0 Å². The van der Waals surface area contributed by atoms with Crippen molar-refractivity contribution >= 4 is 34.0 Å². The molecule has 1 N–H and O–H groups in total. The van der Waals surface area contributed by atoms with E-state index in [0.717, 1.165) is 21.8 Å². The number of hydrogen-bond donors (Lipinski definition) is 1. The predicted molar refractivity (Wildman–Crippen MR) is 127 cm³/mol. The predicted octanol–water partition coefficient (Wildman–Crippen LogP) is 3.75. The van der Waals surface area contributed by atoms with Crippen LogP contribution in [0.2, 0.25) is 0 Å². The maximum absolute atomic E-state index is 12.8. The van der Waals surface area contributed by atoms with Gasteiger partial charge in [0.25, 0.3) is 0 Å². The summed E-state index contributed by atoms with van der Waals surface area (Å²) in [5, 5.41) is 12.3. The van der Waals surface area contributed by atoms with E-state index in [1.54, 1.807) is 19.1 Å². The largest absolute Gasteiger partial charge is 0.493 e. The summed E-state index contributed by atoms with van der Waals surface area (Å²) in [6.45, 7) is 4.39. The first-order chi connectivity index (χ1) is 15.9. The van der Waals surface area contributed by atoms with Crippen LogP contribution in [0, 0.1) is 19.8 Å². The molecule has 2 heterocycles. The lowest BCUT2D eigenvalue weighted by atomic mass is 10.1. The Hall–Kier alpha value is -3.46. The quantitative estimate of drug-likeness (QED) is 0.570. The first kappa shape index (κ1) is 22.7. The fourth-order valence-electron chi connectivity index (χ4n) is 3.77. The van der Waals surface area contributed by atoms with Gasteiger partial charge < -0.3 is 19.7 Å². The van der Waals surface area contributed by atoms with Crippen molar-refractivity contribution in [1.29, 1.82) is 0 Å². The third kappa shape index (κ3) is 4.98. The van der Waals surface area contributed by atoms with Crippen molar-refractivity contribution in [3.05, 3.63) is 58.1 Å². The number of nitrogens with zero attached hydrogens (tertiary/aromatic N) is 3. The van der Waals surface area contributed by atoms with Crippen molar-refractivity contribution < 1.29 is 19.1 Å². The summed E-state index contributed by atoms with van der Waals surface area (Å²) in [6.07, 6.45) is 0.729. The number of carbonyl (C=O) groups is 2. The molecule has 0 aliphatic carbocycles. The van der Waals surface area contributed by atoms with Crippen LogP contribution in [0.25, 0.3) is 0 Å². The van der Waals surface area contributed by atoms with Gasteiger partial charge in [-0.3, -0.25) is 9.59 Å². The summed E-state index contributed by atoms with van der Waals surface area (Å²) in [6, 6.07) is 11.6. The van der Waals surface area contributed by atoms with Crippen LogP contribution in [0.3, 0.4) is 0 Å². The van der Waals surface area contributed by atoms with E-state index in [4.69, 9.17) is 9.47 Å². The van der Waals surface area contributed by atoms with Gasteiger partial charge in [-0.15, -0.1) is 10.2 Å². The molecule has 9 heteroatoms. The number of methoxy groups -OCH3 is 2. The molecular weight excluding hydrogens is 440 g/mol. The van der Waals surface area contributed by atoms with E-state index in [9.17, 15) is 9.59 Å². The number of anilines is 2. The van der Waals surface area contributed by atoms with Crippen molar-refractivity contribution in [2.24, 2.45) is 5.92 Å². The average molecular weight is 467 g/mol. The van der Waals surface area contributed by atoms with E-state index < -0.39 is 5.92 Å². The molecule has 1 aliphatic rings. The maximum Gasteiger partial charge on any atom is 0.231 e. The Morgan fingerprint density at radius 3 is 2.61 bits per heavy atom. The molecule has 0 bridgehead atoms. The molecule has 2 amide bonds. The van der Waals surface area contributed by atoms with Crippen LogP contribution in [-0.2, 0) is 16.0 Å². The highest BCUT2D eigenvalue weighted by atomic mass is 32.1. The number of carbonyl (C=O) groups excluding carboxylic acids is 2. The number of nitrogens with one attached hydrogen (secondary N) is 1. The highest BCUT2D eigenvalue weighted by Crippen LogP contribution is 2.30. The lowest BCUT2D eigenvalue weighted by Gasteiger charge is -2.17. The molecule has 33 heavy (non-hydrogen) atoms. The number of ether oxygens (including phenoxy) is 2. The fourth-order valence-corrected chi connectivity index (χ4v) is 4.55. The Labute approximate surface area is 196 Å². The van der Waals surface area contributed by atoms with Crippen LogP contribution in [0.15, 0.2) is 36.4 Å².